The molecule has 1 aliphatic rings. The first-order chi connectivity index (χ1) is 9.27. The van der Waals surface area contributed by atoms with Crippen molar-refractivity contribution in [3.8, 4) is 0 Å². The molecular formula is C14H23ClN2O2S2. The molecule has 0 saturated carbocycles. The molecular weight excluding hydrogens is 328 g/mol. The van der Waals surface area contributed by atoms with Crippen LogP contribution in [0.2, 0.25) is 0 Å². The Morgan fingerprint density at radius 3 is 2.33 bits per heavy atom. The van der Waals surface area contributed by atoms with Crippen LogP contribution in [0.5, 0.6) is 0 Å². The third kappa shape index (κ3) is 3.93. The van der Waals surface area contributed by atoms with Crippen LogP contribution in [0.25, 0.3) is 0 Å². The van der Waals surface area contributed by atoms with E-state index in [1.165, 1.54) is 0 Å². The number of sulfonamides is 1. The molecule has 21 heavy (non-hydrogen) atoms. The van der Waals surface area contributed by atoms with Crippen LogP contribution in [-0.4, -0.2) is 38.1 Å². The summed E-state index contributed by atoms with van der Waals surface area (Å²) in [6.45, 7) is 5.02. The van der Waals surface area contributed by atoms with Crippen molar-refractivity contribution in [3.05, 3.63) is 24.3 Å². The smallest absolute Gasteiger partial charge is 0.243 e. The lowest BCUT2D eigenvalue weighted by Crippen LogP contribution is -2.53. The minimum Gasteiger partial charge on any atom is -0.327 e. The molecule has 1 atom stereocenters. The summed E-state index contributed by atoms with van der Waals surface area (Å²) in [6.07, 6.45) is 2.67. The molecule has 0 spiro atoms. The van der Waals surface area contributed by atoms with Crippen molar-refractivity contribution in [2.24, 2.45) is 11.1 Å². The molecule has 7 heteroatoms. The fraction of sp³-hybridized carbons (Fsp3) is 0.571. The largest absolute Gasteiger partial charge is 0.327 e. The van der Waals surface area contributed by atoms with Crippen LogP contribution in [0.3, 0.4) is 0 Å². The number of halogens is 1. The first-order valence-corrected chi connectivity index (χ1v) is 9.33. The molecule has 1 aromatic carbocycles. The summed E-state index contributed by atoms with van der Waals surface area (Å²) >= 11 is 1.60. The highest BCUT2D eigenvalue weighted by molar-refractivity contribution is 7.98. The SMILES string of the molecule is CSc1ccc(S(=O)(=O)N2CCC(N)C(C)(C)C2)cc1.Cl. The van der Waals surface area contributed by atoms with Crippen molar-refractivity contribution in [2.45, 2.75) is 36.1 Å². The summed E-state index contributed by atoms with van der Waals surface area (Å²) < 4.78 is 26.9. The topological polar surface area (TPSA) is 63.4 Å². The molecule has 0 aliphatic carbocycles. The van der Waals surface area contributed by atoms with Crippen LogP contribution < -0.4 is 5.73 Å². The minimum absolute atomic E-state index is 0. The summed E-state index contributed by atoms with van der Waals surface area (Å²) in [4.78, 5) is 1.42. The van der Waals surface area contributed by atoms with Crippen molar-refractivity contribution >= 4 is 34.2 Å². The zero-order valence-corrected chi connectivity index (χ0v) is 15.0. The molecule has 1 fully saturated rings. The number of thioether (sulfide) groups is 1. The van der Waals surface area contributed by atoms with Gasteiger partial charge in [-0.25, -0.2) is 8.42 Å². The molecule has 2 rings (SSSR count). The maximum atomic E-state index is 12.7. The first kappa shape index (κ1) is 18.8. The highest BCUT2D eigenvalue weighted by Gasteiger charge is 2.38. The van der Waals surface area contributed by atoms with Crippen molar-refractivity contribution < 1.29 is 8.42 Å². The molecule has 1 saturated heterocycles. The van der Waals surface area contributed by atoms with Crippen LogP contribution >= 0.6 is 24.2 Å². The molecule has 0 aromatic heterocycles. The van der Waals surface area contributed by atoms with Gasteiger partial charge in [-0.05, 0) is 42.4 Å². The molecule has 4 nitrogen and oxygen atoms in total. The van der Waals surface area contributed by atoms with Crippen LogP contribution in [0, 0.1) is 5.41 Å². The first-order valence-electron chi connectivity index (χ1n) is 6.67. The third-order valence-corrected chi connectivity index (χ3v) is 6.58. The van der Waals surface area contributed by atoms with Gasteiger partial charge >= 0.3 is 0 Å². The van der Waals surface area contributed by atoms with E-state index in [0.717, 1.165) is 4.90 Å². The van der Waals surface area contributed by atoms with Gasteiger partial charge in [-0.1, -0.05) is 13.8 Å². The Morgan fingerprint density at radius 2 is 1.86 bits per heavy atom. The van der Waals surface area contributed by atoms with Gasteiger partial charge < -0.3 is 5.73 Å². The van der Waals surface area contributed by atoms with Crippen LogP contribution in [0.1, 0.15) is 20.3 Å². The molecule has 1 unspecified atom stereocenters. The molecule has 2 N–H and O–H groups in total. The van der Waals surface area contributed by atoms with Gasteiger partial charge in [0.2, 0.25) is 10.0 Å². The maximum absolute atomic E-state index is 12.7. The minimum atomic E-state index is -3.41. The van der Waals surface area contributed by atoms with E-state index in [-0.39, 0.29) is 23.9 Å². The lowest BCUT2D eigenvalue weighted by atomic mass is 9.81. The van der Waals surface area contributed by atoms with Crippen LogP contribution in [-0.2, 0) is 10.0 Å². The number of hydrogen-bond acceptors (Lipinski definition) is 4. The molecule has 0 radical (unpaired) electrons. The quantitative estimate of drug-likeness (QED) is 0.851. The fourth-order valence-electron chi connectivity index (χ4n) is 2.43. The summed E-state index contributed by atoms with van der Waals surface area (Å²) in [7, 11) is -3.41. The molecule has 120 valence electrons. The highest BCUT2D eigenvalue weighted by Crippen LogP contribution is 2.31. The van der Waals surface area contributed by atoms with Crippen LogP contribution in [0.15, 0.2) is 34.1 Å². The van der Waals surface area contributed by atoms with Gasteiger partial charge in [-0.2, -0.15) is 4.31 Å². The Bertz CT molecular complexity index is 573. The Kier molecular flexibility index (Phi) is 6.15. The standard InChI is InChI=1S/C14H22N2O2S2.ClH/c1-14(2)10-16(9-8-13(14)15)20(17,18)12-6-4-11(19-3)5-7-12;/h4-7,13H,8-10,15H2,1-3H3;1H. The highest BCUT2D eigenvalue weighted by atomic mass is 35.5. The number of nitrogens with zero attached hydrogens (tertiary/aromatic N) is 1. The van der Waals surface area contributed by atoms with Crippen molar-refractivity contribution in [2.75, 3.05) is 19.3 Å². The molecule has 1 aromatic rings. The zero-order chi connectivity index (χ0) is 15.0. The van der Waals surface area contributed by atoms with Crippen molar-refractivity contribution in [1.29, 1.82) is 0 Å². The predicted octanol–water partition coefficient (Wildman–Crippen LogP) is 2.58. The fourth-order valence-corrected chi connectivity index (χ4v) is 4.46. The second-order valence-corrected chi connectivity index (χ2v) is 8.72. The van der Waals surface area contributed by atoms with Gasteiger partial charge in [-0.15, -0.1) is 24.2 Å². The Balaban J connectivity index is 0.00000220. The summed E-state index contributed by atoms with van der Waals surface area (Å²) in [5.41, 5.74) is 5.88. The molecule has 0 amide bonds. The normalized spacial score (nSPS) is 22.6. The van der Waals surface area contributed by atoms with E-state index in [1.807, 2.05) is 32.2 Å². The van der Waals surface area contributed by atoms with E-state index in [1.54, 1.807) is 28.2 Å². The Labute approximate surface area is 137 Å². The number of hydrogen-bond donors (Lipinski definition) is 1. The number of benzene rings is 1. The number of rotatable bonds is 3. The summed E-state index contributed by atoms with van der Waals surface area (Å²) in [5.74, 6) is 0. The van der Waals surface area contributed by atoms with Crippen molar-refractivity contribution in [3.63, 3.8) is 0 Å². The lowest BCUT2D eigenvalue weighted by molar-refractivity contribution is 0.155. The average molecular weight is 351 g/mol. The van der Waals surface area contributed by atoms with Crippen molar-refractivity contribution in [1.82, 2.24) is 4.31 Å². The lowest BCUT2D eigenvalue weighted by Gasteiger charge is -2.41. The second kappa shape index (κ2) is 6.87. The van der Waals surface area contributed by atoms with E-state index >= 15 is 0 Å². The number of nitrogens with two attached hydrogens (primary N) is 1. The molecule has 0 bridgehead atoms. The predicted molar refractivity (Wildman–Crippen MR) is 90.6 cm³/mol. The van der Waals surface area contributed by atoms with Gasteiger partial charge in [0, 0.05) is 24.0 Å². The molecule has 1 aliphatic heterocycles. The van der Waals surface area contributed by atoms with E-state index in [2.05, 4.69) is 0 Å². The number of piperidine rings is 1. The second-order valence-electron chi connectivity index (χ2n) is 5.90. The van der Waals surface area contributed by atoms with E-state index < -0.39 is 10.0 Å². The third-order valence-electron chi connectivity index (χ3n) is 3.97. The van der Waals surface area contributed by atoms with Crippen LogP contribution in [0.4, 0.5) is 0 Å². The molecule has 1 heterocycles. The van der Waals surface area contributed by atoms with E-state index in [0.29, 0.717) is 24.4 Å². The summed E-state index contributed by atoms with van der Waals surface area (Å²) in [5, 5.41) is 0. The average Bonchev–Trinajstić information content (AvgIpc) is 2.41. The summed E-state index contributed by atoms with van der Waals surface area (Å²) in [6, 6.07) is 7.11. The Hall–Kier alpha value is -0.270. The maximum Gasteiger partial charge on any atom is 0.243 e. The van der Waals surface area contributed by atoms with Gasteiger partial charge in [0.25, 0.3) is 0 Å². The Morgan fingerprint density at radius 1 is 1.29 bits per heavy atom. The van der Waals surface area contributed by atoms with Gasteiger partial charge in [-0.3, -0.25) is 0 Å². The van der Waals surface area contributed by atoms with Gasteiger partial charge in [0.15, 0.2) is 0 Å². The van der Waals surface area contributed by atoms with Gasteiger partial charge in [0.05, 0.1) is 4.90 Å². The van der Waals surface area contributed by atoms with Gasteiger partial charge in [0.1, 0.15) is 0 Å². The van der Waals surface area contributed by atoms with E-state index in [9.17, 15) is 8.42 Å². The monoisotopic (exact) mass is 350 g/mol. The zero-order valence-electron chi connectivity index (χ0n) is 12.6. The van der Waals surface area contributed by atoms with E-state index in [4.69, 9.17) is 5.73 Å².